The third kappa shape index (κ3) is 10.00. The van der Waals surface area contributed by atoms with Gasteiger partial charge in [-0.2, -0.15) is 0 Å². The predicted molar refractivity (Wildman–Crippen MR) is 133 cm³/mol. The van der Waals surface area contributed by atoms with E-state index < -0.39 is 54.1 Å². The number of amides is 5. The van der Waals surface area contributed by atoms with Crippen LogP contribution in [-0.2, 0) is 19.2 Å². The van der Waals surface area contributed by atoms with E-state index in [0.29, 0.717) is 25.8 Å². The van der Waals surface area contributed by atoms with Gasteiger partial charge in [-0.05, 0) is 37.0 Å². The molecule has 0 unspecified atom stereocenters. The third-order valence-electron chi connectivity index (χ3n) is 6.17. The fourth-order valence-electron chi connectivity index (χ4n) is 3.97. The van der Waals surface area contributed by atoms with Gasteiger partial charge >= 0.3 is 12.0 Å². The summed E-state index contributed by atoms with van der Waals surface area (Å²) < 4.78 is 0. The molecule has 0 spiro atoms. The molecule has 5 amide bonds. The van der Waals surface area contributed by atoms with E-state index in [0.717, 1.165) is 0 Å². The molecule has 0 aromatic carbocycles. The van der Waals surface area contributed by atoms with Gasteiger partial charge in [0.1, 0.15) is 18.1 Å². The Morgan fingerprint density at radius 2 is 1.53 bits per heavy atom. The molecule has 0 aromatic heterocycles. The van der Waals surface area contributed by atoms with Crippen LogP contribution in [0.3, 0.4) is 0 Å². The van der Waals surface area contributed by atoms with Crippen molar-refractivity contribution >= 4 is 29.7 Å². The lowest BCUT2D eigenvalue weighted by Crippen LogP contribution is -2.60. The minimum Gasteiger partial charge on any atom is -0.480 e. The van der Waals surface area contributed by atoms with Gasteiger partial charge in [-0.3, -0.25) is 14.4 Å². The predicted octanol–water partition coefficient (Wildman–Crippen LogP) is 0.0961. The second-order valence-electron chi connectivity index (χ2n) is 10.4. The van der Waals surface area contributed by atoms with Crippen LogP contribution < -0.4 is 26.6 Å². The van der Waals surface area contributed by atoms with E-state index in [-0.39, 0.29) is 30.1 Å². The van der Waals surface area contributed by atoms with Crippen LogP contribution in [0.15, 0.2) is 0 Å². The normalized spacial score (nSPS) is 23.6. The van der Waals surface area contributed by atoms with Crippen molar-refractivity contribution in [1.82, 2.24) is 26.6 Å². The van der Waals surface area contributed by atoms with Gasteiger partial charge < -0.3 is 36.8 Å². The highest BCUT2D eigenvalue weighted by Crippen LogP contribution is 2.13. The number of rotatable bonds is 8. The fraction of sp³-hybridized carbons (Fsp3) is 0.792. The second kappa shape index (κ2) is 14.6. The number of hydrogen-bond acceptors (Lipinski definition) is 6. The van der Waals surface area contributed by atoms with Crippen LogP contribution in [0.2, 0.25) is 0 Å². The summed E-state index contributed by atoms with van der Waals surface area (Å²) >= 11 is 0. The second-order valence-corrected chi connectivity index (χ2v) is 10.4. The molecule has 12 nitrogen and oxygen atoms in total. The van der Waals surface area contributed by atoms with Crippen molar-refractivity contribution in [1.29, 1.82) is 0 Å². The number of carboxylic acid groups (broad SMARTS) is 1. The SMILES string of the molecule is CC(C)[C@H](NC(=O)N[C@H](C(=O)N[C@H]1CCCCNC(=O)C[C@@H](O)[C@H](C(C)C)NC1=O)C(C)C)C(=O)O. The molecule has 5 atom stereocenters. The van der Waals surface area contributed by atoms with Crippen LogP contribution >= 0.6 is 0 Å². The van der Waals surface area contributed by atoms with E-state index in [4.69, 9.17) is 0 Å². The molecule has 1 saturated heterocycles. The zero-order valence-corrected chi connectivity index (χ0v) is 22.1. The van der Waals surface area contributed by atoms with Crippen molar-refractivity contribution in [3.8, 4) is 0 Å². The van der Waals surface area contributed by atoms with Gasteiger partial charge in [-0.1, -0.05) is 41.5 Å². The Kier molecular flexibility index (Phi) is 12.6. The molecule has 7 N–H and O–H groups in total. The molecule has 1 heterocycles. The number of urea groups is 1. The van der Waals surface area contributed by atoms with E-state index in [2.05, 4.69) is 26.6 Å². The van der Waals surface area contributed by atoms with Crippen molar-refractivity contribution in [3.63, 3.8) is 0 Å². The Bertz CT molecular complexity index is 787. The lowest BCUT2D eigenvalue weighted by Gasteiger charge is -2.31. The highest BCUT2D eigenvalue weighted by molar-refractivity contribution is 5.92. The summed E-state index contributed by atoms with van der Waals surface area (Å²) in [5.41, 5.74) is 0. The van der Waals surface area contributed by atoms with Crippen LogP contribution in [0.5, 0.6) is 0 Å². The topological polar surface area (TPSA) is 186 Å². The molecule has 0 aromatic rings. The molecule has 0 bridgehead atoms. The average Bonchev–Trinajstić information content (AvgIpc) is 2.76. The first-order chi connectivity index (χ1) is 16.7. The zero-order chi connectivity index (χ0) is 27.6. The Hall–Kier alpha value is -2.89. The van der Waals surface area contributed by atoms with Gasteiger partial charge in [-0.25, -0.2) is 9.59 Å². The quantitative estimate of drug-likeness (QED) is 0.240. The number of hydrogen-bond donors (Lipinski definition) is 7. The van der Waals surface area contributed by atoms with Crippen LogP contribution in [0.1, 0.15) is 67.2 Å². The maximum Gasteiger partial charge on any atom is 0.326 e. The van der Waals surface area contributed by atoms with E-state index in [1.165, 1.54) is 0 Å². The maximum absolute atomic E-state index is 13.1. The number of carboxylic acids is 1. The van der Waals surface area contributed by atoms with Crippen LogP contribution in [-0.4, -0.2) is 76.8 Å². The first-order valence-corrected chi connectivity index (χ1v) is 12.6. The number of aliphatic carboxylic acids is 1. The number of carbonyl (C=O) groups is 5. The monoisotopic (exact) mass is 513 g/mol. The van der Waals surface area contributed by atoms with Crippen LogP contribution in [0.4, 0.5) is 4.79 Å². The fourth-order valence-corrected chi connectivity index (χ4v) is 3.97. The molecule has 1 rings (SSSR count). The summed E-state index contributed by atoms with van der Waals surface area (Å²) in [6.45, 7) is 10.8. The van der Waals surface area contributed by atoms with Crippen LogP contribution in [0, 0.1) is 17.8 Å². The molecule has 0 saturated carbocycles. The minimum atomic E-state index is -1.19. The van der Waals surface area contributed by atoms with Gasteiger partial charge in [-0.15, -0.1) is 0 Å². The molecular formula is C24H43N5O7. The molecule has 0 aliphatic carbocycles. The molecule has 1 fully saturated rings. The van der Waals surface area contributed by atoms with Crippen LogP contribution in [0.25, 0.3) is 0 Å². The Labute approximate surface area is 212 Å². The maximum atomic E-state index is 13.1. The number of carbonyl (C=O) groups excluding carboxylic acids is 4. The largest absolute Gasteiger partial charge is 0.480 e. The number of aliphatic hydroxyl groups excluding tert-OH is 1. The Morgan fingerprint density at radius 1 is 0.944 bits per heavy atom. The summed E-state index contributed by atoms with van der Waals surface area (Å²) in [4.78, 5) is 62.1. The summed E-state index contributed by atoms with van der Waals surface area (Å²) in [5.74, 6) is -3.44. The van der Waals surface area contributed by atoms with Gasteiger partial charge in [0.2, 0.25) is 17.7 Å². The van der Waals surface area contributed by atoms with Gasteiger partial charge in [0.15, 0.2) is 0 Å². The summed E-state index contributed by atoms with van der Waals surface area (Å²) in [6.07, 6.45) is 0.168. The molecule has 12 heteroatoms. The molecule has 1 aliphatic heterocycles. The zero-order valence-electron chi connectivity index (χ0n) is 22.1. The Morgan fingerprint density at radius 3 is 2.06 bits per heavy atom. The van der Waals surface area contributed by atoms with Gasteiger partial charge in [0.25, 0.3) is 0 Å². The van der Waals surface area contributed by atoms with Gasteiger partial charge in [0.05, 0.1) is 18.6 Å². The minimum absolute atomic E-state index is 0.150. The van der Waals surface area contributed by atoms with E-state index in [1.807, 2.05) is 13.8 Å². The van der Waals surface area contributed by atoms with Crippen molar-refractivity contribution in [2.45, 2.75) is 97.5 Å². The lowest BCUT2D eigenvalue weighted by atomic mass is 9.94. The summed E-state index contributed by atoms with van der Waals surface area (Å²) in [7, 11) is 0. The summed E-state index contributed by atoms with van der Waals surface area (Å²) in [6, 6.07) is -4.57. The van der Waals surface area contributed by atoms with Crippen molar-refractivity contribution < 1.29 is 34.2 Å². The van der Waals surface area contributed by atoms with E-state index >= 15 is 0 Å². The molecule has 0 radical (unpaired) electrons. The number of aliphatic hydroxyl groups is 1. The third-order valence-corrected chi connectivity index (χ3v) is 6.17. The van der Waals surface area contributed by atoms with Crippen molar-refractivity contribution in [2.24, 2.45) is 17.8 Å². The van der Waals surface area contributed by atoms with E-state index in [9.17, 15) is 34.2 Å². The molecule has 1 aliphatic rings. The standard InChI is InChI=1S/C24H43N5O7/c1-12(2)18-16(30)11-17(31)25-10-8-7-9-15(21(32)27-18)26-22(33)19(13(3)4)28-24(36)29-20(14(5)6)23(34)35/h12-16,18-20,30H,7-11H2,1-6H3,(H,25,31)(H,26,33)(H,27,32)(H,34,35)(H2,28,29,36)/t15-,16+,18-,19-,20-/m0/s1. The molecule has 36 heavy (non-hydrogen) atoms. The average molecular weight is 514 g/mol. The molecule has 206 valence electrons. The van der Waals surface area contributed by atoms with Crippen molar-refractivity contribution in [2.75, 3.05) is 6.54 Å². The highest BCUT2D eigenvalue weighted by atomic mass is 16.4. The Balaban J connectivity index is 3.00. The van der Waals surface area contributed by atoms with Crippen molar-refractivity contribution in [3.05, 3.63) is 0 Å². The first kappa shape index (κ1) is 31.1. The first-order valence-electron chi connectivity index (χ1n) is 12.6. The highest BCUT2D eigenvalue weighted by Gasteiger charge is 2.33. The van der Waals surface area contributed by atoms with E-state index in [1.54, 1.807) is 27.7 Å². The summed E-state index contributed by atoms with van der Waals surface area (Å²) in [5, 5.41) is 33.0. The smallest absolute Gasteiger partial charge is 0.326 e. The van der Waals surface area contributed by atoms with Gasteiger partial charge in [0, 0.05) is 6.54 Å². The number of nitrogens with one attached hydrogen (secondary N) is 5. The lowest BCUT2D eigenvalue weighted by molar-refractivity contribution is -0.140. The molecular weight excluding hydrogens is 470 g/mol.